The molecule has 0 aliphatic carbocycles. The minimum absolute atomic E-state index is 0.0725. The van der Waals surface area contributed by atoms with Crippen LogP contribution in [0.5, 0.6) is 11.5 Å². The highest BCUT2D eigenvalue weighted by Gasteiger charge is 2.31. The van der Waals surface area contributed by atoms with E-state index >= 15 is 0 Å². The predicted molar refractivity (Wildman–Crippen MR) is 121 cm³/mol. The number of hydrogen-bond donors (Lipinski definition) is 3. The highest BCUT2D eigenvalue weighted by molar-refractivity contribution is 9.10. The molecule has 0 unspecified atom stereocenters. The Morgan fingerprint density at radius 2 is 1.74 bits per heavy atom. The molecule has 0 amide bonds. The van der Waals surface area contributed by atoms with Gasteiger partial charge < -0.3 is 19.7 Å². The lowest BCUT2D eigenvalue weighted by molar-refractivity contribution is -0.274. The minimum atomic E-state index is -4.92. The van der Waals surface area contributed by atoms with Crippen molar-refractivity contribution in [2.75, 3.05) is 11.3 Å². The van der Waals surface area contributed by atoms with Gasteiger partial charge in [-0.05, 0) is 57.9 Å². The number of thiophene rings is 1. The summed E-state index contributed by atoms with van der Waals surface area (Å²) in [5.74, 6) is -3.43. The Bertz CT molecular complexity index is 1370. The molecule has 0 aliphatic rings. The van der Waals surface area contributed by atoms with Crippen molar-refractivity contribution in [3.8, 4) is 21.9 Å². The number of hydrogen-bond acceptors (Lipinski definition) is 7. The van der Waals surface area contributed by atoms with Crippen LogP contribution >= 0.6 is 27.3 Å². The number of rotatable bonds is 9. The summed E-state index contributed by atoms with van der Waals surface area (Å²) >= 11 is 3.99. The monoisotopic (exact) mass is 595 g/mol. The Morgan fingerprint density at radius 3 is 2.31 bits per heavy atom. The molecule has 0 spiro atoms. The Morgan fingerprint density at radius 1 is 1.09 bits per heavy atom. The fourth-order valence-electron chi connectivity index (χ4n) is 2.74. The lowest BCUT2D eigenvalue weighted by Crippen LogP contribution is -2.17. The van der Waals surface area contributed by atoms with Gasteiger partial charge in [-0.3, -0.25) is 4.72 Å². The van der Waals surface area contributed by atoms with Crippen LogP contribution in [0.1, 0.15) is 9.67 Å². The smallest absolute Gasteiger partial charge is 0.479 e. The van der Waals surface area contributed by atoms with Gasteiger partial charge in [-0.15, -0.1) is 24.5 Å². The van der Waals surface area contributed by atoms with Gasteiger partial charge in [0.05, 0.1) is 14.2 Å². The number of alkyl halides is 3. The van der Waals surface area contributed by atoms with E-state index in [1.54, 1.807) is 6.07 Å². The summed E-state index contributed by atoms with van der Waals surface area (Å²) in [4.78, 5) is 22.1. The maximum Gasteiger partial charge on any atom is 0.573 e. The lowest BCUT2D eigenvalue weighted by atomic mass is 10.1. The van der Waals surface area contributed by atoms with E-state index in [2.05, 4.69) is 25.4 Å². The van der Waals surface area contributed by atoms with Crippen LogP contribution in [0, 0.1) is 0 Å². The highest BCUT2D eigenvalue weighted by atomic mass is 79.9. The molecule has 1 heterocycles. The molecule has 3 aromatic rings. The number of ether oxygens (including phenoxy) is 2. The number of carboxylic acid groups (broad SMARTS) is 2. The number of aromatic carboxylic acids is 1. The summed E-state index contributed by atoms with van der Waals surface area (Å²) in [6, 6.07) is 9.43. The molecule has 9 nitrogen and oxygen atoms in total. The molecular formula is C20H13BrF3NO8S2. The fourth-order valence-corrected chi connectivity index (χ4v) is 5.68. The average Bonchev–Trinajstić information content (AvgIpc) is 3.08. The summed E-state index contributed by atoms with van der Waals surface area (Å²) in [6.45, 7) is -0.776. The number of benzene rings is 2. The number of aliphatic carboxylic acids is 1. The van der Waals surface area contributed by atoms with Gasteiger partial charge in [-0.25, -0.2) is 18.0 Å². The van der Waals surface area contributed by atoms with Crippen molar-refractivity contribution in [3.05, 3.63) is 57.9 Å². The van der Waals surface area contributed by atoms with Crippen LogP contribution in [0.4, 0.5) is 18.9 Å². The molecule has 186 valence electrons. The van der Waals surface area contributed by atoms with Crippen LogP contribution in [-0.4, -0.2) is 43.5 Å². The quantitative estimate of drug-likeness (QED) is 0.313. The van der Waals surface area contributed by atoms with Crippen molar-refractivity contribution in [2.45, 2.75) is 11.3 Å². The number of anilines is 1. The Balaban J connectivity index is 1.89. The molecule has 15 heteroatoms. The molecule has 0 bridgehead atoms. The van der Waals surface area contributed by atoms with Crippen LogP contribution in [0.3, 0.4) is 0 Å². The van der Waals surface area contributed by atoms with Crippen LogP contribution < -0.4 is 14.2 Å². The van der Waals surface area contributed by atoms with Gasteiger partial charge in [0.1, 0.15) is 5.75 Å². The van der Waals surface area contributed by atoms with E-state index in [4.69, 9.17) is 9.84 Å². The second-order valence-electron chi connectivity index (χ2n) is 6.60. The van der Waals surface area contributed by atoms with Crippen LogP contribution in [-0.2, 0) is 14.8 Å². The Hall–Kier alpha value is -3.30. The molecule has 0 radical (unpaired) electrons. The molecule has 3 rings (SSSR count). The van der Waals surface area contributed by atoms with E-state index < -0.39 is 40.7 Å². The molecule has 3 N–H and O–H groups in total. The first-order valence-electron chi connectivity index (χ1n) is 9.16. The summed E-state index contributed by atoms with van der Waals surface area (Å²) in [5.41, 5.74) is 0.451. The minimum Gasteiger partial charge on any atom is -0.479 e. The molecule has 35 heavy (non-hydrogen) atoms. The number of sulfonamides is 1. The van der Waals surface area contributed by atoms with Gasteiger partial charge in [-0.2, -0.15) is 0 Å². The van der Waals surface area contributed by atoms with Crippen molar-refractivity contribution in [2.24, 2.45) is 0 Å². The summed E-state index contributed by atoms with van der Waals surface area (Å²) in [6.07, 6.45) is -4.92. The zero-order valence-electron chi connectivity index (χ0n) is 17.0. The van der Waals surface area contributed by atoms with Gasteiger partial charge in [0.15, 0.2) is 17.2 Å². The third-order valence-electron chi connectivity index (χ3n) is 4.09. The molecule has 0 fully saturated rings. The Kier molecular flexibility index (Phi) is 7.62. The van der Waals surface area contributed by atoms with E-state index in [9.17, 15) is 36.3 Å². The Labute approximate surface area is 207 Å². The van der Waals surface area contributed by atoms with E-state index in [1.165, 1.54) is 18.2 Å². The van der Waals surface area contributed by atoms with Crippen LogP contribution in [0.25, 0.3) is 10.4 Å². The van der Waals surface area contributed by atoms with Gasteiger partial charge in [0.2, 0.25) is 0 Å². The van der Waals surface area contributed by atoms with Gasteiger partial charge in [0.25, 0.3) is 10.0 Å². The predicted octanol–water partition coefficient (Wildman–Crippen LogP) is 5.04. The second-order valence-corrected chi connectivity index (χ2v) is 10.1. The third-order valence-corrected chi connectivity index (χ3v) is 7.71. The largest absolute Gasteiger partial charge is 0.573 e. The molecule has 0 saturated heterocycles. The lowest BCUT2D eigenvalue weighted by Gasteiger charge is -2.11. The van der Waals surface area contributed by atoms with Gasteiger partial charge >= 0.3 is 18.3 Å². The van der Waals surface area contributed by atoms with Crippen LogP contribution in [0.2, 0.25) is 0 Å². The normalized spacial score (nSPS) is 11.7. The topological polar surface area (TPSA) is 139 Å². The van der Waals surface area contributed by atoms with Crippen molar-refractivity contribution < 1.29 is 50.9 Å². The van der Waals surface area contributed by atoms with E-state index in [0.29, 0.717) is 10.4 Å². The van der Waals surface area contributed by atoms with Crippen molar-refractivity contribution in [1.29, 1.82) is 0 Å². The SMILES string of the molecule is O=C(O)COc1c(C(=O)O)sc(-c2cccc(NS(=O)(=O)c3ccc(OC(F)(F)F)cc3)c2)c1Br. The summed E-state index contributed by atoms with van der Waals surface area (Å²) in [5, 5.41) is 18.2. The molecule has 0 saturated carbocycles. The van der Waals surface area contributed by atoms with E-state index in [0.717, 1.165) is 35.6 Å². The van der Waals surface area contributed by atoms with E-state index in [1.807, 2.05) is 0 Å². The molecule has 2 aromatic carbocycles. The van der Waals surface area contributed by atoms with Crippen molar-refractivity contribution in [3.63, 3.8) is 0 Å². The van der Waals surface area contributed by atoms with Crippen LogP contribution in [0.15, 0.2) is 57.9 Å². The molecule has 0 aliphatic heterocycles. The second kappa shape index (κ2) is 10.1. The number of carbonyl (C=O) groups is 2. The maximum atomic E-state index is 12.7. The first kappa shape index (κ1) is 26.3. The summed E-state index contributed by atoms with van der Waals surface area (Å²) in [7, 11) is -4.20. The highest BCUT2D eigenvalue weighted by Crippen LogP contribution is 2.46. The first-order chi connectivity index (χ1) is 16.3. The molecule has 1 aromatic heterocycles. The maximum absolute atomic E-state index is 12.7. The van der Waals surface area contributed by atoms with Crippen molar-refractivity contribution in [1.82, 2.24) is 0 Å². The van der Waals surface area contributed by atoms with Crippen molar-refractivity contribution >= 4 is 54.9 Å². The van der Waals surface area contributed by atoms with Gasteiger partial charge in [-0.1, -0.05) is 12.1 Å². The standard InChI is InChI=1S/C20H13BrF3NO8S2/c21-15-16(32-9-14(26)27)18(19(28)29)34-17(15)10-2-1-3-11(8-10)25-35(30,31)13-6-4-12(5-7-13)33-20(22,23)24/h1-8,25H,9H2,(H,26,27)(H,28,29). The zero-order chi connectivity index (χ0) is 26.0. The first-order valence-corrected chi connectivity index (χ1v) is 12.3. The molecular weight excluding hydrogens is 583 g/mol. The molecule has 0 atom stereocenters. The third kappa shape index (κ3) is 6.64. The number of halogens is 4. The van der Waals surface area contributed by atoms with E-state index in [-0.39, 0.29) is 25.7 Å². The van der Waals surface area contributed by atoms with Gasteiger partial charge in [0, 0.05) is 5.69 Å². The summed E-state index contributed by atoms with van der Waals surface area (Å²) < 4.78 is 73.5. The zero-order valence-corrected chi connectivity index (χ0v) is 20.2. The fraction of sp³-hybridized carbons (Fsp3) is 0.100. The average molecular weight is 596 g/mol. The number of carboxylic acids is 2. The number of nitrogens with one attached hydrogen (secondary N) is 1.